The van der Waals surface area contributed by atoms with Gasteiger partial charge in [-0.2, -0.15) is 13.2 Å². The standard InChI is InChI=1S/C9H15F3N2O3/c1-2-6(5-9(10,11)12)14-8(17)13-4-3-7(15)16/h6H,2-5H2,1H3,(H,15,16)(H2,13,14,17). The first-order chi connectivity index (χ1) is 7.74. The van der Waals surface area contributed by atoms with Gasteiger partial charge < -0.3 is 15.7 Å². The van der Waals surface area contributed by atoms with Gasteiger partial charge in [0.25, 0.3) is 0 Å². The molecule has 0 aromatic heterocycles. The van der Waals surface area contributed by atoms with Crippen molar-refractivity contribution in [1.82, 2.24) is 10.6 Å². The Morgan fingerprint density at radius 3 is 2.35 bits per heavy atom. The fraction of sp³-hybridized carbons (Fsp3) is 0.778. The van der Waals surface area contributed by atoms with Crippen LogP contribution in [0.4, 0.5) is 18.0 Å². The van der Waals surface area contributed by atoms with E-state index in [0.29, 0.717) is 0 Å². The fourth-order valence-electron chi connectivity index (χ4n) is 1.10. The number of hydrogen-bond donors (Lipinski definition) is 3. The second kappa shape index (κ2) is 6.97. The minimum atomic E-state index is -4.34. The minimum absolute atomic E-state index is 0.121. The van der Waals surface area contributed by atoms with Gasteiger partial charge in [-0.3, -0.25) is 4.79 Å². The first-order valence-corrected chi connectivity index (χ1v) is 5.07. The largest absolute Gasteiger partial charge is 0.481 e. The number of urea groups is 1. The van der Waals surface area contributed by atoms with E-state index in [0.717, 1.165) is 0 Å². The topological polar surface area (TPSA) is 78.4 Å². The van der Waals surface area contributed by atoms with Crippen molar-refractivity contribution in [3.63, 3.8) is 0 Å². The predicted molar refractivity (Wildman–Crippen MR) is 53.5 cm³/mol. The molecular formula is C9H15F3N2O3. The molecule has 0 heterocycles. The van der Waals surface area contributed by atoms with Crippen LogP contribution in [-0.2, 0) is 4.79 Å². The van der Waals surface area contributed by atoms with Crippen molar-refractivity contribution in [3.05, 3.63) is 0 Å². The number of rotatable bonds is 6. The average molecular weight is 256 g/mol. The fourth-order valence-corrected chi connectivity index (χ4v) is 1.10. The molecule has 2 amide bonds. The van der Waals surface area contributed by atoms with Crippen LogP contribution in [0.15, 0.2) is 0 Å². The lowest BCUT2D eigenvalue weighted by Crippen LogP contribution is -2.44. The zero-order chi connectivity index (χ0) is 13.5. The molecule has 17 heavy (non-hydrogen) atoms. The summed E-state index contributed by atoms with van der Waals surface area (Å²) < 4.78 is 36.2. The highest BCUT2D eigenvalue weighted by molar-refractivity contribution is 5.75. The van der Waals surface area contributed by atoms with E-state index in [9.17, 15) is 22.8 Å². The van der Waals surface area contributed by atoms with Crippen LogP contribution in [0.25, 0.3) is 0 Å². The summed E-state index contributed by atoms with van der Waals surface area (Å²) in [6.07, 6.45) is -5.57. The third kappa shape index (κ3) is 9.46. The summed E-state index contributed by atoms with van der Waals surface area (Å²) in [6.45, 7) is 1.40. The maximum absolute atomic E-state index is 12.1. The number of nitrogens with one attached hydrogen (secondary N) is 2. The van der Waals surface area contributed by atoms with Crippen LogP contribution in [0.5, 0.6) is 0 Å². The number of alkyl halides is 3. The molecule has 0 aliphatic heterocycles. The summed E-state index contributed by atoms with van der Waals surface area (Å²) in [5.74, 6) is -1.09. The molecule has 0 spiro atoms. The van der Waals surface area contributed by atoms with Crippen LogP contribution < -0.4 is 10.6 Å². The molecule has 0 bridgehead atoms. The van der Waals surface area contributed by atoms with Gasteiger partial charge in [-0.25, -0.2) is 4.79 Å². The molecule has 0 aliphatic rings. The zero-order valence-electron chi connectivity index (χ0n) is 9.30. The van der Waals surface area contributed by atoms with Gasteiger partial charge in [-0.15, -0.1) is 0 Å². The normalized spacial score (nSPS) is 12.9. The Kier molecular flexibility index (Phi) is 6.37. The van der Waals surface area contributed by atoms with Crippen LogP contribution in [0, 0.1) is 0 Å². The highest BCUT2D eigenvalue weighted by atomic mass is 19.4. The minimum Gasteiger partial charge on any atom is -0.481 e. The Morgan fingerprint density at radius 2 is 1.94 bits per heavy atom. The van der Waals surface area contributed by atoms with Crippen molar-refractivity contribution in [3.8, 4) is 0 Å². The zero-order valence-corrected chi connectivity index (χ0v) is 9.30. The van der Waals surface area contributed by atoms with Gasteiger partial charge in [0.1, 0.15) is 0 Å². The molecule has 5 nitrogen and oxygen atoms in total. The highest BCUT2D eigenvalue weighted by Crippen LogP contribution is 2.22. The van der Waals surface area contributed by atoms with E-state index in [2.05, 4.69) is 10.6 Å². The number of carboxylic acids is 1. The Hall–Kier alpha value is -1.47. The SMILES string of the molecule is CCC(CC(F)(F)F)NC(=O)NCCC(=O)O. The number of amides is 2. The summed E-state index contributed by atoms with van der Waals surface area (Å²) in [7, 11) is 0. The molecule has 0 aromatic carbocycles. The van der Waals surface area contributed by atoms with Gasteiger partial charge in [0.05, 0.1) is 12.8 Å². The number of carbonyl (C=O) groups excluding carboxylic acids is 1. The molecule has 0 fully saturated rings. The molecule has 0 rings (SSSR count). The number of aliphatic carboxylic acids is 1. The highest BCUT2D eigenvalue weighted by Gasteiger charge is 2.31. The van der Waals surface area contributed by atoms with E-state index in [1.54, 1.807) is 0 Å². The molecule has 1 atom stereocenters. The van der Waals surface area contributed by atoms with E-state index in [1.807, 2.05) is 0 Å². The lowest BCUT2D eigenvalue weighted by atomic mass is 10.1. The second-order valence-corrected chi connectivity index (χ2v) is 3.47. The lowest BCUT2D eigenvalue weighted by Gasteiger charge is -2.18. The van der Waals surface area contributed by atoms with Crippen molar-refractivity contribution >= 4 is 12.0 Å². The Morgan fingerprint density at radius 1 is 1.35 bits per heavy atom. The monoisotopic (exact) mass is 256 g/mol. The third-order valence-corrected chi connectivity index (χ3v) is 1.93. The van der Waals surface area contributed by atoms with Gasteiger partial charge in [0.15, 0.2) is 0 Å². The molecule has 0 aromatic rings. The average Bonchev–Trinajstić information content (AvgIpc) is 2.13. The summed E-state index contributed by atoms with van der Waals surface area (Å²) in [6, 6.07) is -1.79. The lowest BCUT2D eigenvalue weighted by molar-refractivity contribution is -0.139. The Bertz CT molecular complexity index is 269. The van der Waals surface area contributed by atoms with Crippen molar-refractivity contribution in [1.29, 1.82) is 0 Å². The molecule has 1 unspecified atom stereocenters. The summed E-state index contributed by atoms with van der Waals surface area (Å²) >= 11 is 0. The van der Waals surface area contributed by atoms with E-state index >= 15 is 0 Å². The van der Waals surface area contributed by atoms with Crippen LogP contribution >= 0.6 is 0 Å². The van der Waals surface area contributed by atoms with Gasteiger partial charge in [0, 0.05) is 12.6 Å². The van der Waals surface area contributed by atoms with Crippen molar-refractivity contribution < 1.29 is 27.9 Å². The van der Waals surface area contributed by atoms with E-state index in [1.165, 1.54) is 6.92 Å². The number of carbonyl (C=O) groups is 2. The molecule has 8 heteroatoms. The first-order valence-electron chi connectivity index (χ1n) is 5.07. The number of carboxylic acid groups (broad SMARTS) is 1. The van der Waals surface area contributed by atoms with Gasteiger partial charge in [0.2, 0.25) is 0 Å². The number of hydrogen-bond acceptors (Lipinski definition) is 2. The predicted octanol–water partition coefficient (Wildman–Crippen LogP) is 1.49. The maximum atomic E-state index is 12.1. The maximum Gasteiger partial charge on any atom is 0.391 e. The van der Waals surface area contributed by atoms with Gasteiger partial charge in [-0.05, 0) is 6.42 Å². The molecular weight excluding hydrogens is 241 g/mol. The van der Waals surface area contributed by atoms with Crippen LogP contribution in [0.3, 0.4) is 0 Å². The molecule has 0 radical (unpaired) electrons. The second-order valence-electron chi connectivity index (χ2n) is 3.47. The Balaban J connectivity index is 3.94. The van der Waals surface area contributed by atoms with Gasteiger partial charge >= 0.3 is 18.2 Å². The third-order valence-electron chi connectivity index (χ3n) is 1.93. The van der Waals surface area contributed by atoms with Crippen LogP contribution in [0.1, 0.15) is 26.2 Å². The van der Waals surface area contributed by atoms with Crippen LogP contribution in [0.2, 0.25) is 0 Å². The number of halogens is 3. The van der Waals surface area contributed by atoms with Gasteiger partial charge in [-0.1, -0.05) is 6.92 Å². The first kappa shape index (κ1) is 15.5. The van der Waals surface area contributed by atoms with Crippen LogP contribution in [-0.4, -0.2) is 35.9 Å². The molecule has 3 N–H and O–H groups in total. The summed E-state index contributed by atoms with van der Waals surface area (Å²) in [5.41, 5.74) is 0. The van der Waals surface area contributed by atoms with Crippen molar-refractivity contribution in [2.75, 3.05) is 6.54 Å². The molecule has 0 saturated carbocycles. The molecule has 0 aliphatic carbocycles. The van der Waals surface area contributed by atoms with Crippen molar-refractivity contribution in [2.24, 2.45) is 0 Å². The quantitative estimate of drug-likeness (QED) is 0.673. The van der Waals surface area contributed by atoms with E-state index in [-0.39, 0.29) is 19.4 Å². The molecule has 0 saturated heterocycles. The molecule has 100 valence electrons. The summed E-state index contributed by atoms with van der Waals surface area (Å²) in [4.78, 5) is 21.2. The van der Waals surface area contributed by atoms with E-state index < -0.39 is 30.6 Å². The van der Waals surface area contributed by atoms with Crippen molar-refractivity contribution in [2.45, 2.75) is 38.4 Å². The van der Waals surface area contributed by atoms with E-state index in [4.69, 9.17) is 5.11 Å². The Labute approximate surface area is 96.4 Å². The smallest absolute Gasteiger partial charge is 0.391 e. The summed E-state index contributed by atoms with van der Waals surface area (Å²) in [5, 5.41) is 12.6.